The second kappa shape index (κ2) is 8.57. The van der Waals surface area contributed by atoms with Crippen LogP contribution in [0.3, 0.4) is 0 Å². The minimum Gasteiger partial charge on any atom is -0.374 e. The predicted molar refractivity (Wildman–Crippen MR) is 146 cm³/mol. The Labute approximate surface area is 193 Å². The van der Waals surface area contributed by atoms with E-state index in [1.807, 2.05) is 0 Å². The third kappa shape index (κ3) is 3.19. The van der Waals surface area contributed by atoms with Crippen molar-refractivity contribution in [3.8, 4) is 0 Å². The maximum Gasteiger partial charge on any atom is 0.0852 e. The Hall–Kier alpha value is -2.88. The van der Waals surface area contributed by atoms with Gasteiger partial charge in [-0.15, -0.1) is 0 Å². The van der Waals surface area contributed by atoms with Gasteiger partial charge in [-0.25, -0.2) is 0 Å². The summed E-state index contributed by atoms with van der Waals surface area (Å²) in [7, 11) is 8.92. The van der Waals surface area contributed by atoms with E-state index in [-0.39, 0.29) is 0 Å². The van der Waals surface area contributed by atoms with Crippen LogP contribution in [0, 0.1) is 0 Å². The van der Waals surface area contributed by atoms with Crippen molar-refractivity contribution in [1.82, 2.24) is 0 Å². The summed E-state index contributed by atoms with van der Waals surface area (Å²) >= 11 is 0. The molecular formula is C28H38N4. The zero-order valence-electron chi connectivity index (χ0n) is 21.1. The fourth-order valence-electron chi connectivity index (χ4n) is 5.00. The van der Waals surface area contributed by atoms with Gasteiger partial charge in [0.2, 0.25) is 0 Å². The van der Waals surface area contributed by atoms with Gasteiger partial charge < -0.3 is 19.6 Å². The van der Waals surface area contributed by atoms with Crippen LogP contribution in [0.1, 0.15) is 27.7 Å². The third-order valence-electron chi connectivity index (χ3n) is 7.27. The third-order valence-corrected chi connectivity index (χ3v) is 7.27. The molecule has 0 amide bonds. The van der Waals surface area contributed by atoms with Gasteiger partial charge in [0.15, 0.2) is 0 Å². The fourth-order valence-corrected chi connectivity index (χ4v) is 5.00. The molecule has 0 unspecified atom stereocenters. The number of benzene rings is 4. The van der Waals surface area contributed by atoms with Crippen LogP contribution in [-0.2, 0) is 0 Å². The van der Waals surface area contributed by atoms with Crippen LogP contribution in [0.4, 0.5) is 22.7 Å². The monoisotopic (exact) mass is 430 g/mol. The lowest BCUT2D eigenvalue weighted by molar-refractivity contribution is 0.914. The Morgan fingerprint density at radius 3 is 1.72 bits per heavy atom. The standard InChI is InChI=1S/C28H38N4/c1-9-29(5)22-18-20-15-13-14-19-16-17-21-24(23(19)20)25(22)27(31(7)11-3)28(32(8)12-4)26(21)30(6)10-2/h13-18H,9-12H2,1-8H3. The van der Waals surface area contributed by atoms with Gasteiger partial charge in [-0.3, -0.25) is 0 Å². The molecule has 0 saturated carbocycles. The first-order valence-corrected chi connectivity index (χ1v) is 12.0. The summed E-state index contributed by atoms with van der Waals surface area (Å²) in [5.41, 5.74) is 5.32. The summed E-state index contributed by atoms with van der Waals surface area (Å²) in [4.78, 5) is 9.68. The molecule has 0 saturated heterocycles. The van der Waals surface area contributed by atoms with E-state index in [0.717, 1.165) is 26.2 Å². The normalized spacial score (nSPS) is 11.6. The first-order valence-electron chi connectivity index (χ1n) is 12.0. The maximum absolute atomic E-state index is 2.44. The summed E-state index contributed by atoms with van der Waals surface area (Å²) in [6.07, 6.45) is 0. The molecule has 0 atom stereocenters. The highest BCUT2D eigenvalue weighted by atomic mass is 15.2. The van der Waals surface area contributed by atoms with Crippen molar-refractivity contribution in [3.05, 3.63) is 36.4 Å². The molecule has 0 heterocycles. The van der Waals surface area contributed by atoms with E-state index in [2.05, 4.69) is 112 Å². The molecule has 0 aromatic heterocycles. The van der Waals surface area contributed by atoms with Gasteiger partial charge in [0, 0.05) is 76.2 Å². The first-order chi connectivity index (χ1) is 15.4. The quantitative estimate of drug-likeness (QED) is 0.300. The first kappa shape index (κ1) is 22.3. The molecule has 0 aliphatic carbocycles. The smallest absolute Gasteiger partial charge is 0.0852 e. The van der Waals surface area contributed by atoms with Crippen molar-refractivity contribution in [2.45, 2.75) is 27.7 Å². The van der Waals surface area contributed by atoms with Gasteiger partial charge in [-0.2, -0.15) is 0 Å². The Kier molecular flexibility index (Phi) is 5.98. The topological polar surface area (TPSA) is 13.0 Å². The van der Waals surface area contributed by atoms with E-state index >= 15 is 0 Å². The number of hydrogen-bond acceptors (Lipinski definition) is 4. The molecule has 0 spiro atoms. The average molecular weight is 431 g/mol. The minimum atomic E-state index is 0.957. The van der Waals surface area contributed by atoms with Crippen LogP contribution in [0.25, 0.3) is 32.3 Å². The molecule has 4 heteroatoms. The molecule has 4 nitrogen and oxygen atoms in total. The van der Waals surface area contributed by atoms with Gasteiger partial charge >= 0.3 is 0 Å². The molecule has 0 radical (unpaired) electrons. The van der Waals surface area contributed by atoms with Crippen LogP contribution in [-0.4, -0.2) is 54.4 Å². The van der Waals surface area contributed by atoms with Crippen molar-refractivity contribution >= 4 is 55.1 Å². The van der Waals surface area contributed by atoms with Gasteiger partial charge in [0.25, 0.3) is 0 Å². The summed E-state index contributed by atoms with van der Waals surface area (Å²) < 4.78 is 0. The van der Waals surface area contributed by atoms with Crippen molar-refractivity contribution < 1.29 is 0 Å². The van der Waals surface area contributed by atoms with E-state index in [1.54, 1.807) is 0 Å². The SMILES string of the molecule is CCN(C)c1c(N(C)CC)c2ccc3cccc4cc(N(C)CC)c(c1N(C)CC)c2c34. The molecule has 0 fully saturated rings. The second-order valence-corrected chi connectivity index (χ2v) is 8.94. The fraction of sp³-hybridized carbons (Fsp3) is 0.429. The van der Waals surface area contributed by atoms with Gasteiger partial charge in [0.1, 0.15) is 0 Å². The second-order valence-electron chi connectivity index (χ2n) is 8.94. The molecule has 0 aliphatic heterocycles. The van der Waals surface area contributed by atoms with Crippen LogP contribution in [0.2, 0.25) is 0 Å². The largest absolute Gasteiger partial charge is 0.374 e. The Morgan fingerprint density at radius 2 is 1.09 bits per heavy atom. The Bertz CT molecular complexity index is 1250. The van der Waals surface area contributed by atoms with Crippen molar-refractivity contribution in [3.63, 3.8) is 0 Å². The van der Waals surface area contributed by atoms with E-state index in [4.69, 9.17) is 0 Å². The lowest BCUT2D eigenvalue weighted by Crippen LogP contribution is -2.28. The number of hydrogen-bond donors (Lipinski definition) is 0. The van der Waals surface area contributed by atoms with Crippen molar-refractivity contribution in [1.29, 1.82) is 0 Å². The maximum atomic E-state index is 2.44. The summed E-state index contributed by atoms with van der Waals surface area (Å²) in [6, 6.07) is 13.8. The lowest BCUT2D eigenvalue weighted by Gasteiger charge is -2.36. The molecule has 0 aliphatic rings. The molecule has 4 rings (SSSR count). The van der Waals surface area contributed by atoms with Crippen molar-refractivity contribution in [2.24, 2.45) is 0 Å². The zero-order chi connectivity index (χ0) is 23.2. The summed E-state index contributed by atoms with van der Waals surface area (Å²) in [6.45, 7) is 12.8. The molecule has 0 bridgehead atoms. The summed E-state index contributed by atoms with van der Waals surface area (Å²) in [5.74, 6) is 0. The lowest BCUT2D eigenvalue weighted by atomic mass is 9.89. The molecule has 0 N–H and O–H groups in total. The van der Waals surface area contributed by atoms with Crippen LogP contribution < -0.4 is 19.6 Å². The summed E-state index contributed by atoms with van der Waals surface area (Å²) in [5, 5.41) is 8.15. The molecule has 170 valence electrons. The Morgan fingerprint density at radius 1 is 0.531 bits per heavy atom. The average Bonchev–Trinajstić information content (AvgIpc) is 2.83. The molecule has 4 aromatic carbocycles. The number of anilines is 4. The molecule has 4 aromatic rings. The van der Waals surface area contributed by atoms with E-state index in [9.17, 15) is 0 Å². The van der Waals surface area contributed by atoms with Gasteiger partial charge in [0.05, 0.1) is 17.1 Å². The van der Waals surface area contributed by atoms with Crippen molar-refractivity contribution in [2.75, 3.05) is 74.0 Å². The minimum absolute atomic E-state index is 0.957. The van der Waals surface area contributed by atoms with Crippen LogP contribution >= 0.6 is 0 Å². The number of nitrogens with zero attached hydrogens (tertiary/aromatic N) is 4. The highest BCUT2D eigenvalue weighted by Gasteiger charge is 2.27. The zero-order valence-corrected chi connectivity index (χ0v) is 21.1. The molecule has 32 heavy (non-hydrogen) atoms. The van der Waals surface area contributed by atoms with Gasteiger partial charge in [-0.05, 0) is 49.9 Å². The van der Waals surface area contributed by atoms with Crippen LogP contribution in [0.15, 0.2) is 36.4 Å². The Balaban J connectivity index is 2.39. The van der Waals surface area contributed by atoms with Crippen LogP contribution in [0.5, 0.6) is 0 Å². The van der Waals surface area contributed by atoms with Gasteiger partial charge in [-0.1, -0.05) is 30.3 Å². The van der Waals surface area contributed by atoms with E-state index < -0.39 is 0 Å². The highest BCUT2D eigenvalue weighted by Crippen LogP contribution is 2.53. The number of rotatable bonds is 8. The van der Waals surface area contributed by atoms with E-state index in [1.165, 1.54) is 55.1 Å². The predicted octanol–water partition coefficient (Wildman–Crippen LogP) is 6.41. The highest BCUT2D eigenvalue weighted by molar-refractivity contribution is 6.33. The molecular weight excluding hydrogens is 392 g/mol. The van der Waals surface area contributed by atoms with E-state index in [0.29, 0.717) is 0 Å².